The summed E-state index contributed by atoms with van der Waals surface area (Å²) in [5, 5.41) is 13.4. The predicted molar refractivity (Wildman–Crippen MR) is 89.5 cm³/mol. The lowest BCUT2D eigenvalue weighted by Gasteiger charge is -2.16. The van der Waals surface area contributed by atoms with Crippen molar-refractivity contribution in [1.29, 1.82) is 0 Å². The molecule has 0 bridgehead atoms. The van der Waals surface area contributed by atoms with Crippen LogP contribution in [0.15, 0.2) is 48.7 Å². The average molecular weight is 340 g/mol. The minimum Gasteiger partial charge on any atom is -0.336 e. The van der Waals surface area contributed by atoms with Crippen LogP contribution < -0.4 is 5.32 Å². The van der Waals surface area contributed by atoms with Gasteiger partial charge < -0.3 is 10.2 Å². The lowest BCUT2D eigenvalue weighted by molar-refractivity contribution is -0.384. The molecule has 1 aliphatic heterocycles. The van der Waals surface area contributed by atoms with Crippen LogP contribution in [-0.4, -0.2) is 33.2 Å². The SMILES string of the molecule is O=C(Nc1cccc([N+](=O)[O-])c1)C1CC(=O)N(Cc2ccccn2)C1. The monoisotopic (exact) mass is 340 g/mol. The predicted octanol–water partition coefficient (Wildman–Crippen LogP) is 1.98. The van der Waals surface area contributed by atoms with Gasteiger partial charge in [-0.2, -0.15) is 0 Å². The number of nitro groups is 1. The summed E-state index contributed by atoms with van der Waals surface area (Å²) in [7, 11) is 0. The number of amides is 2. The third kappa shape index (κ3) is 3.97. The van der Waals surface area contributed by atoms with Gasteiger partial charge in [0, 0.05) is 37.0 Å². The summed E-state index contributed by atoms with van der Waals surface area (Å²) in [5.41, 5.74) is 1.00. The molecule has 25 heavy (non-hydrogen) atoms. The van der Waals surface area contributed by atoms with E-state index in [4.69, 9.17) is 0 Å². The fourth-order valence-corrected chi connectivity index (χ4v) is 2.73. The Morgan fingerprint density at radius 3 is 2.88 bits per heavy atom. The van der Waals surface area contributed by atoms with Crippen molar-refractivity contribution in [1.82, 2.24) is 9.88 Å². The normalized spacial score (nSPS) is 16.7. The molecule has 1 aromatic heterocycles. The lowest BCUT2D eigenvalue weighted by atomic mass is 10.1. The zero-order valence-corrected chi connectivity index (χ0v) is 13.3. The van der Waals surface area contributed by atoms with Crippen LogP contribution in [0, 0.1) is 16.0 Å². The molecule has 1 atom stereocenters. The number of aromatic nitrogens is 1. The van der Waals surface area contributed by atoms with Crippen molar-refractivity contribution in [2.75, 3.05) is 11.9 Å². The number of benzene rings is 1. The summed E-state index contributed by atoms with van der Waals surface area (Å²) in [5.74, 6) is -0.919. The first-order valence-electron chi connectivity index (χ1n) is 7.76. The molecular weight excluding hydrogens is 324 g/mol. The number of anilines is 1. The number of likely N-dealkylation sites (tertiary alicyclic amines) is 1. The van der Waals surface area contributed by atoms with Crippen LogP contribution in [0.4, 0.5) is 11.4 Å². The van der Waals surface area contributed by atoms with Crippen LogP contribution >= 0.6 is 0 Å². The van der Waals surface area contributed by atoms with E-state index in [2.05, 4.69) is 10.3 Å². The van der Waals surface area contributed by atoms with Crippen LogP contribution in [0.3, 0.4) is 0 Å². The molecule has 1 unspecified atom stereocenters. The molecule has 1 fully saturated rings. The Morgan fingerprint density at radius 2 is 2.16 bits per heavy atom. The minimum atomic E-state index is -0.524. The van der Waals surface area contributed by atoms with Gasteiger partial charge >= 0.3 is 0 Å². The van der Waals surface area contributed by atoms with E-state index in [0.717, 1.165) is 5.69 Å². The van der Waals surface area contributed by atoms with Gasteiger partial charge in [-0.1, -0.05) is 12.1 Å². The number of carbonyl (C=O) groups excluding carboxylic acids is 2. The van der Waals surface area contributed by atoms with Gasteiger partial charge in [-0.15, -0.1) is 0 Å². The van der Waals surface area contributed by atoms with Crippen molar-refractivity contribution in [3.63, 3.8) is 0 Å². The maximum Gasteiger partial charge on any atom is 0.271 e. The highest BCUT2D eigenvalue weighted by Crippen LogP contribution is 2.23. The number of pyridine rings is 1. The molecular formula is C17H16N4O4. The summed E-state index contributed by atoms with van der Waals surface area (Å²) in [6, 6.07) is 11.2. The number of nitro benzene ring substituents is 1. The Morgan fingerprint density at radius 1 is 1.32 bits per heavy atom. The van der Waals surface area contributed by atoms with Crippen molar-refractivity contribution in [2.45, 2.75) is 13.0 Å². The molecule has 2 amide bonds. The second-order valence-corrected chi connectivity index (χ2v) is 5.79. The number of hydrogen-bond donors (Lipinski definition) is 1. The summed E-state index contributed by atoms with van der Waals surface area (Å²) >= 11 is 0. The number of nitrogens with one attached hydrogen (secondary N) is 1. The molecule has 2 aromatic rings. The van der Waals surface area contributed by atoms with Gasteiger partial charge in [-0.05, 0) is 18.2 Å². The highest BCUT2D eigenvalue weighted by molar-refractivity contribution is 5.97. The van der Waals surface area contributed by atoms with Crippen LogP contribution in [0.5, 0.6) is 0 Å². The maximum absolute atomic E-state index is 12.4. The molecule has 0 aliphatic carbocycles. The lowest BCUT2D eigenvalue weighted by Crippen LogP contribution is -2.28. The first kappa shape index (κ1) is 16.6. The Hall–Kier alpha value is -3.29. The number of carbonyl (C=O) groups is 2. The van der Waals surface area contributed by atoms with Crippen molar-refractivity contribution in [3.8, 4) is 0 Å². The second kappa shape index (κ2) is 7.08. The van der Waals surface area contributed by atoms with E-state index in [1.54, 1.807) is 23.2 Å². The van der Waals surface area contributed by atoms with Crippen molar-refractivity contribution < 1.29 is 14.5 Å². The zero-order valence-electron chi connectivity index (χ0n) is 13.3. The topological polar surface area (TPSA) is 105 Å². The number of hydrogen-bond acceptors (Lipinski definition) is 5. The Kier molecular flexibility index (Phi) is 4.69. The Balaban J connectivity index is 1.63. The van der Waals surface area contributed by atoms with Gasteiger partial charge in [0.2, 0.25) is 11.8 Å². The van der Waals surface area contributed by atoms with E-state index in [1.165, 1.54) is 18.2 Å². The first-order valence-corrected chi connectivity index (χ1v) is 7.76. The van der Waals surface area contributed by atoms with Crippen molar-refractivity contribution in [2.24, 2.45) is 5.92 Å². The van der Waals surface area contributed by atoms with Gasteiger partial charge in [0.05, 0.1) is 23.1 Å². The van der Waals surface area contributed by atoms with Crippen LogP contribution in [0.1, 0.15) is 12.1 Å². The summed E-state index contributed by atoms with van der Waals surface area (Å²) < 4.78 is 0. The minimum absolute atomic E-state index is 0.0999. The quantitative estimate of drug-likeness (QED) is 0.662. The van der Waals surface area contributed by atoms with Gasteiger partial charge in [0.25, 0.3) is 5.69 Å². The maximum atomic E-state index is 12.4. The fourth-order valence-electron chi connectivity index (χ4n) is 2.73. The molecule has 2 heterocycles. The van der Waals surface area contributed by atoms with E-state index in [-0.39, 0.29) is 23.9 Å². The second-order valence-electron chi connectivity index (χ2n) is 5.79. The van der Waals surface area contributed by atoms with Crippen molar-refractivity contribution in [3.05, 3.63) is 64.5 Å². The molecule has 0 saturated carbocycles. The van der Waals surface area contributed by atoms with Crippen molar-refractivity contribution >= 4 is 23.2 Å². The van der Waals surface area contributed by atoms with E-state index in [9.17, 15) is 19.7 Å². The fraction of sp³-hybridized carbons (Fsp3) is 0.235. The molecule has 128 valence electrons. The first-order chi connectivity index (χ1) is 12.0. The summed E-state index contributed by atoms with van der Waals surface area (Å²) in [6.07, 6.45) is 1.77. The molecule has 1 N–H and O–H groups in total. The van der Waals surface area contributed by atoms with Crippen LogP contribution in [0.2, 0.25) is 0 Å². The average Bonchev–Trinajstić information content (AvgIpc) is 2.97. The molecule has 0 radical (unpaired) electrons. The molecule has 0 spiro atoms. The number of rotatable bonds is 5. The smallest absolute Gasteiger partial charge is 0.271 e. The van der Waals surface area contributed by atoms with Crippen LogP contribution in [0.25, 0.3) is 0 Å². The van der Waals surface area contributed by atoms with Gasteiger partial charge in [-0.25, -0.2) is 0 Å². The van der Waals surface area contributed by atoms with E-state index in [1.807, 2.05) is 12.1 Å². The standard InChI is InChI=1S/C17H16N4O4/c22-16-8-12(10-20(16)11-14-4-1-2-7-18-14)17(23)19-13-5-3-6-15(9-13)21(24)25/h1-7,9,12H,8,10-11H2,(H,19,23). The molecule has 1 aromatic carbocycles. The Bertz CT molecular complexity index is 809. The van der Waals surface area contributed by atoms with E-state index in [0.29, 0.717) is 18.8 Å². The molecule has 8 nitrogen and oxygen atoms in total. The third-order valence-corrected chi connectivity index (χ3v) is 3.99. The zero-order chi connectivity index (χ0) is 17.8. The molecule has 1 saturated heterocycles. The largest absolute Gasteiger partial charge is 0.336 e. The molecule has 8 heteroatoms. The number of non-ortho nitro benzene ring substituents is 1. The summed E-state index contributed by atoms with van der Waals surface area (Å²) in [6.45, 7) is 0.663. The van der Waals surface area contributed by atoms with Crippen LogP contribution in [-0.2, 0) is 16.1 Å². The molecule has 3 rings (SSSR count). The van der Waals surface area contributed by atoms with E-state index < -0.39 is 10.8 Å². The van der Waals surface area contributed by atoms with Gasteiger partial charge in [0.1, 0.15) is 0 Å². The van der Waals surface area contributed by atoms with Gasteiger partial charge in [-0.3, -0.25) is 24.7 Å². The highest BCUT2D eigenvalue weighted by Gasteiger charge is 2.34. The number of nitrogens with zero attached hydrogens (tertiary/aromatic N) is 3. The Labute approximate surface area is 143 Å². The van der Waals surface area contributed by atoms with Gasteiger partial charge in [0.15, 0.2) is 0 Å². The summed E-state index contributed by atoms with van der Waals surface area (Å²) in [4.78, 5) is 40.5. The highest BCUT2D eigenvalue weighted by atomic mass is 16.6. The third-order valence-electron chi connectivity index (χ3n) is 3.99. The molecule has 1 aliphatic rings. The van der Waals surface area contributed by atoms with E-state index >= 15 is 0 Å².